The maximum Gasteiger partial charge on any atom is 0.133 e. The van der Waals surface area contributed by atoms with Crippen LogP contribution in [0.5, 0.6) is 0 Å². The minimum atomic E-state index is 0.322. The highest BCUT2D eigenvalue weighted by atomic mass is 16.1. The molecule has 2 rings (SSSR count). The van der Waals surface area contributed by atoms with Crippen molar-refractivity contribution in [2.24, 2.45) is 0 Å². The van der Waals surface area contributed by atoms with Crippen LogP contribution in [-0.2, 0) is 17.6 Å². The van der Waals surface area contributed by atoms with Gasteiger partial charge in [-0.15, -0.1) is 0 Å². The number of benzene rings is 1. The molecule has 0 radical (unpaired) electrons. The molecule has 2 aromatic rings. The lowest BCUT2D eigenvalue weighted by molar-refractivity contribution is -0.119. The largest absolute Gasteiger partial charge is 0.300 e. The average Bonchev–Trinajstić information content (AvgIpc) is 2.45. The number of aryl methyl sites for hydroxylation is 2. The molecule has 1 aromatic heterocycles. The Morgan fingerprint density at radius 3 is 2.22 bits per heavy atom. The summed E-state index contributed by atoms with van der Waals surface area (Å²) in [7, 11) is 0. The lowest BCUT2D eigenvalue weighted by atomic mass is 10.0. The lowest BCUT2D eigenvalue weighted by Crippen LogP contribution is -2.02. The number of rotatable bonds is 6. The van der Waals surface area contributed by atoms with Gasteiger partial charge >= 0.3 is 0 Å². The second-order valence-electron chi connectivity index (χ2n) is 4.39. The summed E-state index contributed by atoms with van der Waals surface area (Å²) >= 11 is 0. The highest BCUT2D eigenvalue weighted by Gasteiger charge is 2.03. The highest BCUT2D eigenvalue weighted by Crippen LogP contribution is 2.06. The van der Waals surface area contributed by atoms with Crippen LogP contribution in [0.3, 0.4) is 0 Å². The zero-order valence-electron chi connectivity index (χ0n) is 10.4. The summed E-state index contributed by atoms with van der Waals surface area (Å²) in [5, 5.41) is 0. The predicted octanol–water partition coefficient (Wildman–Crippen LogP) is 3.22. The molecule has 0 bridgehead atoms. The third kappa shape index (κ3) is 4.13. The normalized spacial score (nSPS) is 10.2. The van der Waals surface area contributed by atoms with Crippen molar-refractivity contribution in [1.82, 2.24) is 4.98 Å². The Balaban J connectivity index is 1.73. The second-order valence-corrected chi connectivity index (χ2v) is 4.39. The topological polar surface area (TPSA) is 30.0 Å². The Bertz CT molecular complexity index is 433. The van der Waals surface area contributed by atoms with Gasteiger partial charge in [-0.1, -0.05) is 36.4 Å². The molecular weight excluding hydrogens is 222 g/mol. The van der Waals surface area contributed by atoms with E-state index < -0.39 is 0 Å². The Kier molecular flexibility index (Phi) is 4.65. The summed E-state index contributed by atoms with van der Waals surface area (Å²) in [5.74, 6) is 0.322. The van der Waals surface area contributed by atoms with Crippen molar-refractivity contribution in [3.63, 3.8) is 0 Å². The van der Waals surface area contributed by atoms with Gasteiger partial charge in [0.2, 0.25) is 0 Å². The summed E-state index contributed by atoms with van der Waals surface area (Å²) in [6, 6.07) is 14.1. The molecule has 0 aliphatic rings. The molecule has 0 fully saturated rings. The van der Waals surface area contributed by atoms with Crippen molar-refractivity contribution < 1.29 is 4.79 Å². The van der Waals surface area contributed by atoms with Crippen LogP contribution in [0.15, 0.2) is 54.9 Å². The summed E-state index contributed by atoms with van der Waals surface area (Å²) in [5.41, 5.74) is 2.36. The summed E-state index contributed by atoms with van der Waals surface area (Å²) < 4.78 is 0. The molecule has 0 saturated carbocycles. The fraction of sp³-hybridized carbons (Fsp3) is 0.250. The maximum absolute atomic E-state index is 11.8. The number of Topliss-reactive ketones (excluding diaryl/α,β-unsaturated/α-hetero) is 1. The minimum absolute atomic E-state index is 0.322. The molecule has 18 heavy (non-hydrogen) atoms. The molecule has 0 spiro atoms. The molecule has 0 aliphatic heterocycles. The van der Waals surface area contributed by atoms with E-state index in [0.717, 1.165) is 18.4 Å². The Morgan fingerprint density at radius 2 is 1.56 bits per heavy atom. The number of aromatic nitrogens is 1. The van der Waals surface area contributed by atoms with Gasteiger partial charge in [-0.3, -0.25) is 9.78 Å². The monoisotopic (exact) mass is 239 g/mol. The molecule has 2 nitrogen and oxygen atoms in total. The summed E-state index contributed by atoms with van der Waals surface area (Å²) in [6.07, 6.45) is 6.45. The van der Waals surface area contributed by atoms with Gasteiger partial charge in [0.1, 0.15) is 5.78 Å². The van der Waals surface area contributed by atoms with Crippen molar-refractivity contribution in [3.8, 4) is 0 Å². The smallest absolute Gasteiger partial charge is 0.133 e. The van der Waals surface area contributed by atoms with Crippen LogP contribution in [0.4, 0.5) is 0 Å². The predicted molar refractivity (Wildman–Crippen MR) is 72.3 cm³/mol. The van der Waals surface area contributed by atoms with Gasteiger partial charge in [0.25, 0.3) is 0 Å². The van der Waals surface area contributed by atoms with Crippen LogP contribution in [0.25, 0.3) is 0 Å². The van der Waals surface area contributed by atoms with Gasteiger partial charge in [0.05, 0.1) is 0 Å². The highest BCUT2D eigenvalue weighted by molar-refractivity contribution is 5.78. The van der Waals surface area contributed by atoms with E-state index in [1.807, 2.05) is 36.5 Å². The molecule has 0 amide bonds. The molecule has 0 saturated heterocycles. The Labute approximate surface area is 108 Å². The first-order valence-corrected chi connectivity index (χ1v) is 6.29. The first-order chi connectivity index (χ1) is 8.84. The molecule has 2 heteroatoms. The minimum Gasteiger partial charge on any atom is -0.300 e. The van der Waals surface area contributed by atoms with Crippen molar-refractivity contribution in [2.75, 3.05) is 0 Å². The zero-order chi connectivity index (χ0) is 12.6. The third-order valence-corrected chi connectivity index (χ3v) is 2.95. The number of ketones is 1. The number of hydrogen-bond donors (Lipinski definition) is 0. The van der Waals surface area contributed by atoms with E-state index in [0.29, 0.717) is 18.6 Å². The molecule has 0 atom stereocenters. The fourth-order valence-electron chi connectivity index (χ4n) is 1.88. The molecular formula is C16H17NO. The van der Waals surface area contributed by atoms with E-state index in [2.05, 4.69) is 17.1 Å². The van der Waals surface area contributed by atoms with Gasteiger partial charge < -0.3 is 0 Å². The van der Waals surface area contributed by atoms with E-state index in [9.17, 15) is 4.79 Å². The summed E-state index contributed by atoms with van der Waals surface area (Å²) in [4.78, 5) is 15.8. The number of hydrogen-bond acceptors (Lipinski definition) is 2. The van der Waals surface area contributed by atoms with Gasteiger partial charge in [-0.25, -0.2) is 0 Å². The molecule has 0 N–H and O–H groups in total. The third-order valence-electron chi connectivity index (χ3n) is 2.95. The van der Waals surface area contributed by atoms with E-state index in [4.69, 9.17) is 0 Å². The van der Waals surface area contributed by atoms with E-state index >= 15 is 0 Å². The SMILES string of the molecule is O=C(CCc1ccccc1)CCc1cccnc1. The number of pyridine rings is 1. The Hall–Kier alpha value is -1.96. The van der Waals surface area contributed by atoms with Crippen LogP contribution in [-0.4, -0.2) is 10.8 Å². The van der Waals surface area contributed by atoms with Crippen LogP contribution in [0.1, 0.15) is 24.0 Å². The molecule has 1 aromatic carbocycles. The Morgan fingerprint density at radius 1 is 0.889 bits per heavy atom. The van der Waals surface area contributed by atoms with E-state index in [1.54, 1.807) is 6.20 Å². The second kappa shape index (κ2) is 6.70. The standard InChI is InChI=1S/C16H17NO/c18-16(10-8-14-5-2-1-3-6-14)11-9-15-7-4-12-17-13-15/h1-7,12-13H,8-11H2. The molecule has 0 aliphatic carbocycles. The number of carbonyl (C=O) groups excluding carboxylic acids is 1. The fourth-order valence-corrected chi connectivity index (χ4v) is 1.88. The first-order valence-electron chi connectivity index (χ1n) is 6.29. The molecule has 0 unspecified atom stereocenters. The van der Waals surface area contributed by atoms with Gasteiger partial charge in [0.15, 0.2) is 0 Å². The number of nitrogens with zero attached hydrogens (tertiary/aromatic N) is 1. The van der Waals surface area contributed by atoms with Gasteiger partial charge in [-0.05, 0) is 30.0 Å². The van der Waals surface area contributed by atoms with Gasteiger partial charge in [-0.2, -0.15) is 0 Å². The van der Waals surface area contributed by atoms with Crippen LogP contribution < -0.4 is 0 Å². The average molecular weight is 239 g/mol. The van der Waals surface area contributed by atoms with Crippen molar-refractivity contribution >= 4 is 5.78 Å². The van der Waals surface area contributed by atoms with Crippen LogP contribution in [0, 0.1) is 0 Å². The molecule has 1 heterocycles. The zero-order valence-corrected chi connectivity index (χ0v) is 10.4. The summed E-state index contributed by atoms with van der Waals surface area (Å²) in [6.45, 7) is 0. The van der Waals surface area contributed by atoms with E-state index in [1.165, 1.54) is 5.56 Å². The van der Waals surface area contributed by atoms with E-state index in [-0.39, 0.29) is 0 Å². The molecule has 92 valence electrons. The van der Waals surface area contributed by atoms with Crippen molar-refractivity contribution in [2.45, 2.75) is 25.7 Å². The maximum atomic E-state index is 11.8. The van der Waals surface area contributed by atoms with Crippen molar-refractivity contribution in [1.29, 1.82) is 0 Å². The van der Waals surface area contributed by atoms with Crippen LogP contribution in [0.2, 0.25) is 0 Å². The van der Waals surface area contributed by atoms with Crippen LogP contribution >= 0.6 is 0 Å². The van der Waals surface area contributed by atoms with Crippen molar-refractivity contribution in [3.05, 3.63) is 66.0 Å². The lowest BCUT2D eigenvalue weighted by Gasteiger charge is -2.02. The number of carbonyl (C=O) groups is 1. The quantitative estimate of drug-likeness (QED) is 0.774. The first kappa shape index (κ1) is 12.5. The van der Waals surface area contributed by atoms with Gasteiger partial charge in [0, 0.05) is 25.2 Å².